The van der Waals surface area contributed by atoms with Crippen molar-refractivity contribution in [1.29, 1.82) is 0 Å². The fraction of sp³-hybridized carbons (Fsp3) is 0.261. The Morgan fingerprint density at radius 3 is 2.55 bits per heavy atom. The van der Waals surface area contributed by atoms with Gasteiger partial charge in [-0.05, 0) is 49.4 Å². The number of aryl methyl sites for hydroxylation is 1. The van der Waals surface area contributed by atoms with Crippen LogP contribution in [0.5, 0.6) is 11.5 Å². The second-order valence-corrected chi connectivity index (χ2v) is 7.13. The quantitative estimate of drug-likeness (QED) is 0.715. The van der Waals surface area contributed by atoms with Crippen LogP contribution in [-0.4, -0.2) is 36.3 Å². The average molecular weight is 391 g/mol. The summed E-state index contributed by atoms with van der Waals surface area (Å²) in [6, 6.07) is 17.1. The van der Waals surface area contributed by atoms with E-state index < -0.39 is 0 Å². The third kappa shape index (κ3) is 3.66. The zero-order chi connectivity index (χ0) is 20.4. The van der Waals surface area contributed by atoms with Gasteiger partial charge in [0.15, 0.2) is 0 Å². The number of fused-ring (bicyclic) bond motifs is 1. The first-order valence-corrected chi connectivity index (χ1v) is 9.62. The molecule has 6 nitrogen and oxygen atoms in total. The van der Waals surface area contributed by atoms with E-state index in [1.165, 1.54) is 0 Å². The van der Waals surface area contributed by atoms with Crippen molar-refractivity contribution in [2.24, 2.45) is 0 Å². The van der Waals surface area contributed by atoms with Gasteiger partial charge in [-0.1, -0.05) is 17.7 Å². The van der Waals surface area contributed by atoms with Gasteiger partial charge in [-0.3, -0.25) is 0 Å². The molecule has 2 heterocycles. The van der Waals surface area contributed by atoms with E-state index in [1.807, 2.05) is 66.6 Å². The van der Waals surface area contributed by atoms with Crippen LogP contribution in [0, 0.1) is 6.92 Å². The number of methoxy groups -OCH3 is 2. The van der Waals surface area contributed by atoms with E-state index in [0.717, 1.165) is 40.6 Å². The van der Waals surface area contributed by atoms with Crippen molar-refractivity contribution in [3.63, 3.8) is 0 Å². The van der Waals surface area contributed by atoms with Gasteiger partial charge in [0.2, 0.25) is 0 Å². The van der Waals surface area contributed by atoms with Crippen molar-refractivity contribution in [1.82, 2.24) is 9.47 Å². The van der Waals surface area contributed by atoms with Crippen LogP contribution in [0.15, 0.2) is 60.8 Å². The highest BCUT2D eigenvalue weighted by Gasteiger charge is 2.34. The number of amides is 2. The Labute approximate surface area is 170 Å². The van der Waals surface area contributed by atoms with Gasteiger partial charge in [0.25, 0.3) is 0 Å². The number of nitrogens with zero attached hydrogens (tertiary/aromatic N) is 2. The number of hydrogen-bond acceptors (Lipinski definition) is 3. The maximum absolute atomic E-state index is 13.3. The third-order valence-corrected chi connectivity index (χ3v) is 5.33. The first-order valence-electron chi connectivity index (χ1n) is 9.62. The standard InChI is InChI=1S/C23H25N3O3/c1-16-6-8-17(9-7-16)24-23(27)26-14-13-25-12-4-5-20(25)22(26)19-15-18(28-2)10-11-21(19)29-3/h4-12,15,22H,13-14H2,1-3H3,(H,24,27)/t22-/m0/s1. The Hall–Kier alpha value is -3.41. The maximum atomic E-state index is 13.3. The molecule has 150 valence electrons. The first-order chi connectivity index (χ1) is 14.1. The van der Waals surface area contributed by atoms with E-state index in [9.17, 15) is 4.79 Å². The lowest BCUT2D eigenvalue weighted by molar-refractivity contribution is 0.180. The third-order valence-electron chi connectivity index (χ3n) is 5.33. The van der Waals surface area contributed by atoms with Crippen LogP contribution in [0.25, 0.3) is 0 Å². The predicted molar refractivity (Wildman–Crippen MR) is 113 cm³/mol. The van der Waals surface area contributed by atoms with Crippen LogP contribution in [0.3, 0.4) is 0 Å². The van der Waals surface area contributed by atoms with Crippen LogP contribution in [-0.2, 0) is 6.54 Å². The molecule has 1 aliphatic rings. The molecule has 0 unspecified atom stereocenters. The number of carbonyl (C=O) groups excluding carboxylic acids is 1. The summed E-state index contributed by atoms with van der Waals surface area (Å²) in [6.07, 6.45) is 2.05. The van der Waals surface area contributed by atoms with Crippen molar-refractivity contribution in [2.45, 2.75) is 19.5 Å². The molecule has 29 heavy (non-hydrogen) atoms. The highest BCUT2D eigenvalue weighted by molar-refractivity contribution is 5.90. The largest absolute Gasteiger partial charge is 0.497 e. The highest BCUT2D eigenvalue weighted by atomic mass is 16.5. The lowest BCUT2D eigenvalue weighted by Crippen LogP contribution is -2.44. The summed E-state index contributed by atoms with van der Waals surface area (Å²) in [6.45, 7) is 3.35. The van der Waals surface area contributed by atoms with Gasteiger partial charge < -0.3 is 24.3 Å². The number of carbonyl (C=O) groups is 1. The zero-order valence-corrected chi connectivity index (χ0v) is 16.9. The Bertz CT molecular complexity index is 1010. The van der Waals surface area contributed by atoms with Gasteiger partial charge in [0.1, 0.15) is 17.5 Å². The van der Waals surface area contributed by atoms with E-state index >= 15 is 0 Å². The Kier molecular flexibility index (Phi) is 5.16. The van der Waals surface area contributed by atoms with E-state index in [2.05, 4.69) is 16.0 Å². The van der Waals surface area contributed by atoms with Crippen molar-refractivity contribution in [3.8, 4) is 11.5 Å². The molecule has 0 bridgehead atoms. The SMILES string of the molecule is COc1ccc(OC)c([C@H]2c3cccn3CCN2C(=O)Nc2ccc(C)cc2)c1. The zero-order valence-electron chi connectivity index (χ0n) is 16.9. The molecule has 1 aliphatic heterocycles. The van der Waals surface area contributed by atoms with E-state index in [0.29, 0.717) is 6.54 Å². The second kappa shape index (κ2) is 7.91. The molecular weight excluding hydrogens is 366 g/mol. The Morgan fingerprint density at radius 1 is 1.03 bits per heavy atom. The minimum absolute atomic E-state index is 0.142. The summed E-state index contributed by atoms with van der Waals surface area (Å²) in [5.41, 5.74) is 3.86. The first kappa shape index (κ1) is 18.9. The lowest BCUT2D eigenvalue weighted by Gasteiger charge is -2.37. The van der Waals surface area contributed by atoms with Crippen LogP contribution in [0.1, 0.15) is 22.9 Å². The lowest BCUT2D eigenvalue weighted by atomic mass is 9.98. The fourth-order valence-electron chi connectivity index (χ4n) is 3.81. The summed E-state index contributed by atoms with van der Waals surface area (Å²) >= 11 is 0. The molecule has 4 rings (SSSR count). The molecule has 0 fully saturated rings. The number of hydrogen-bond donors (Lipinski definition) is 1. The van der Waals surface area contributed by atoms with Crippen LogP contribution >= 0.6 is 0 Å². The molecule has 2 aromatic carbocycles. The molecule has 0 aliphatic carbocycles. The number of ether oxygens (including phenoxy) is 2. The molecule has 6 heteroatoms. The van der Waals surface area contributed by atoms with Crippen LogP contribution in [0.2, 0.25) is 0 Å². The summed E-state index contributed by atoms with van der Waals surface area (Å²) in [7, 11) is 3.28. The number of aromatic nitrogens is 1. The Balaban J connectivity index is 1.73. The van der Waals surface area contributed by atoms with Gasteiger partial charge in [0.05, 0.1) is 14.2 Å². The molecular formula is C23H25N3O3. The van der Waals surface area contributed by atoms with Gasteiger partial charge in [-0.15, -0.1) is 0 Å². The molecule has 1 N–H and O–H groups in total. The number of nitrogens with one attached hydrogen (secondary N) is 1. The van der Waals surface area contributed by atoms with Crippen molar-refractivity contribution < 1.29 is 14.3 Å². The van der Waals surface area contributed by atoms with Gasteiger partial charge in [-0.25, -0.2) is 4.79 Å². The topological polar surface area (TPSA) is 55.7 Å². The molecule has 0 saturated heterocycles. The molecule has 1 aromatic heterocycles. The number of rotatable bonds is 4. The average Bonchev–Trinajstić information content (AvgIpc) is 3.23. The Morgan fingerprint density at radius 2 is 1.83 bits per heavy atom. The molecule has 1 atom stereocenters. The van der Waals surface area contributed by atoms with Gasteiger partial charge in [-0.2, -0.15) is 0 Å². The summed E-state index contributed by atoms with van der Waals surface area (Å²) < 4.78 is 13.2. The highest BCUT2D eigenvalue weighted by Crippen LogP contribution is 2.39. The van der Waals surface area contributed by atoms with Gasteiger partial charge in [0, 0.05) is 36.2 Å². The van der Waals surface area contributed by atoms with E-state index in [-0.39, 0.29) is 12.1 Å². The fourth-order valence-corrected chi connectivity index (χ4v) is 3.81. The van der Waals surface area contributed by atoms with Crippen molar-refractivity contribution >= 4 is 11.7 Å². The number of urea groups is 1. The second-order valence-electron chi connectivity index (χ2n) is 7.13. The smallest absolute Gasteiger partial charge is 0.322 e. The number of benzene rings is 2. The molecule has 0 radical (unpaired) electrons. The molecule has 0 saturated carbocycles. The molecule has 0 spiro atoms. The summed E-state index contributed by atoms with van der Waals surface area (Å²) in [5.74, 6) is 1.45. The molecule has 3 aromatic rings. The monoisotopic (exact) mass is 391 g/mol. The number of anilines is 1. The van der Waals surface area contributed by atoms with Crippen molar-refractivity contribution in [3.05, 3.63) is 77.6 Å². The normalized spacial score (nSPS) is 15.6. The maximum Gasteiger partial charge on any atom is 0.322 e. The van der Waals surface area contributed by atoms with Crippen molar-refractivity contribution in [2.75, 3.05) is 26.1 Å². The predicted octanol–water partition coefficient (Wildman–Crippen LogP) is 4.45. The summed E-state index contributed by atoms with van der Waals surface area (Å²) in [5, 5.41) is 3.03. The van der Waals surface area contributed by atoms with Gasteiger partial charge >= 0.3 is 6.03 Å². The van der Waals surface area contributed by atoms with E-state index in [4.69, 9.17) is 9.47 Å². The van der Waals surface area contributed by atoms with Crippen LogP contribution < -0.4 is 14.8 Å². The van der Waals surface area contributed by atoms with E-state index in [1.54, 1.807) is 14.2 Å². The minimum atomic E-state index is -0.283. The summed E-state index contributed by atoms with van der Waals surface area (Å²) in [4.78, 5) is 15.1. The minimum Gasteiger partial charge on any atom is -0.497 e. The molecule has 2 amide bonds. The van der Waals surface area contributed by atoms with Crippen LogP contribution in [0.4, 0.5) is 10.5 Å².